The van der Waals surface area contributed by atoms with Gasteiger partial charge in [-0.1, -0.05) is 17.3 Å². The van der Waals surface area contributed by atoms with Gasteiger partial charge in [-0.15, -0.1) is 0 Å². The van der Waals surface area contributed by atoms with E-state index < -0.39 is 0 Å². The third-order valence-corrected chi connectivity index (χ3v) is 3.31. The normalized spacial score (nSPS) is 15.1. The number of hydrogen-bond acceptors (Lipinski definition) is 4. The molecule has 0 radical (unpaired) electrons. The Bertz CT molecular complexity index is 512. The third-order valence-electron chi connectivity index (χ3n) is 3.31. The highest BCUT2D eigenvalue weighted by atomic mass is 16.4. The maximum atomic E-state index is 12.3. The summed E-state index contributed by atoms with van der Waals surface area (Å²) in [6.07, 6.45) is 2.61. The Labute approximate surface area is 117 Å². The van der Waals surface area contributed by atoms with Crippen molar-refractivity contribution in [2.24, 2.45) is 10.9 Å². The molecule has 0 saturated heterocycles. The molecule has 1 aromatic rings. The molecule has 0 heterocycles. The van der Waals surface area contributed by atoms with Crippen molar-refractivity contribution in [3.8, 4) is 5.75 Å². The third kappa shape index (κ3) is 3.88. The molecule has 0 aromatic heterocycles. The van der Waals surface area contributed by atoms with Crippen LogP contribution in [0.4, 0.5) is 0 Å². The van der Waals surface area contributed by atoms with Crippen LogP contribution in [0.1, 0.15) is 24.8 Å². The van der Waals surface area contributed by atoms with Crippen molar-refractivity contribution in [2.75, 3.05) is 6.54 Å². The number of hydrogen-bond donors (Lipinski definition) is 3. The number of carbonyl (C=O) groups is 1. The van der Waals surface area contributed by atoms with Crippen molar-refractivity contribution >= 4 is 11.7 Å². The smallest absolute Gasteiger partial charge is 0.227 e. The fraction of sp³-hybridized carbons (Fsp3) is 0.429. The van der Waals surface area contributed by atoms with E-state index >= 15 is 0 Å². The van der Waals surface area contributed by atoms with Crippen molar-refractivity contribution in [2.45, 2.75) is 31.7 Å². The van der Waals surface area contributed by atoms with Gasteiger partial charge in [-0.2, -0.15) is 0 Å². The standard InChI is InChI=1S/C14H19N3O3/c15-13(16-20)6-7-17(11-4-5-11)14(19)9-10-2-1-3-12(18)8-10/h1-3,8,11,18,20H,4-7,9H2,(H2,15,16). The molecule has 0 unspecified atom stereocenters. The van der Waals surface area contributed by atoms with Crippen LogP contribution in [0.3, 0.4) is 0 Å². The Morgan fingerprint density at radius 1 is 1.45 bits per heavy atom. The minimum atomic E-state index is 0.00356. The molecule has 4 N–H and O–H groups in total. The summed E-state index contributed by atoms with van der Waals surface area (Å²) in [5.74, 6) is 0.287. The number of aromatic hydroxyl groups is 1. The van der Waals surface area contributed by atoms with E-state index in [0.29, 0.717) is 13.0 Å². The lowest BCUT2D eigenvalue weighted by Gasteiger charge is -2.22. The molecule has 0 spiro atoms. The summed E-state index contributed by atoms with van der Waals surface area (Å²) in [5, 5.41) is 20.9. The molecular formula is C14H19N3O3. The van der Waals surface area contributed by atoms with Crippen molar-refractivity contribution in [1.82, 2.24) is 4.90 Å². The van der Waals surface area contributed by atoms with Gasteiger partial charge in [0.05, 0.1) is 6.42 Å². The first-order chi connectivity index (χ1) is 9.60. The number of amides is 1. The van der Waals surface area contributed by atoms with E-state index in [1.807, 2.05) is 6.07 Å². The predicted molar refractivity (Wildman–Crippen MR) is 74.6 cm³/mol. The van der Waals surface area contributed by atoms with Crippen LogP contribution in [-0.4, -0.2) is 39.5 Å². The number of phenolic OH excluding ortho intramolecular Hbond substituents is 1. The van der Waals surface area contributed by atoms with Gasteiger partial charge in [0, 0.05) is 19.0 Å². The molecule has 108 valence electrons. The maximum absolute atomic E-state index is 12.3. The largest absolute Gasteiger partial charge is 0.508 e. The Kier molecular flexibility index (Phi) is 4.45. The zero-order chi connectivity index (χ0) is 14.5. The molecule has 1 aromatic carbocycles. The van der Waals surface area contributed by atoms with E-state index in [-0.39, 0.29) is 30.0 Å². The molecule has 1 saturated carbocycles. The topological polar surface area (TPSA) is 99.2 Å². The Balaban J connectivity index is 1.96. The molecule has 6 heteroatoms. The first-order valence-electron chi connectivity index (χ1n) is 6.64. The second kappa shape index (κ2) is 6.27. The van der Waals surface area contributed by atoms with Crippen LogP contribution in [0.25, 0.3) is 0 Å². The lowest BCUT2D eigenvalue weighted by molar-refractivity contribution is -0.130. The Morgan fingerprint density at radius 2 is 2.20 bits per heavy atom. The summed E-state index contributed by atoms with van der Waals surface area (Å²) in [6, 6.07) is 6.96. The quantitative estimate of drug-likeness (QED) is 0.313. The lowest BCUT2D eigenvalue weighted by Crippen LogP contribution is -2.36. The summed E-state index contributed by atoms with van der Waals surface area (Å²) >= 11 is 0. The summed E-state index contributed by atoms with van der Waals surface area (Å²) in [6.45, 7) is 0.457. The van der Waals surface area contributed by atoms with Gasteiger partial charge >= 0.3 is 0 Å². The van der Waals surface area contributed by atoms with Gasteiger partial charge in [-0.05, 0) is 30.5 Å². The van der Waals surface area contributed by atoms with E-state index in [9.17, 15) is 9.90 Å². The van der Waals surface area contributed by atoms with Crippen LogP contribution in [0.2, 0.25) is 0 Å². The van der Waals surface area contributed by atoms with Gasteiger partial charge in [-0.3, -0.25) is 4.79 Å². The van der Waals surface area contributed by atoms with Crippen LogP contribution in [0, 0.1) is 0 Å². The average Bonchev–Trinajstić information content (AvgIpc) is 3.23. The Hall–Kier alpha value is -2.24. The van der Waals surface area contributed by atoms with Crippen molar-refractivity contribution in [3.05, 3.63) is 29.8 Å². The molecular weight excluding hydrogens is 258 g/mol. The monoisotopic (exact) mass is 277 g/mol. The second-order valence-corrected chi connectivity index (χ2v) is 5.01. The number of amidine groups is 1. The van der Waals surface area contributed by atoms with E-state index in [2.05, 4.69) is 5.16 Å². The molecule has 1 amide bonds. The summed E-state index contributed by atoms with van der Waals surface area (Å²) in [5.41, 5.74) is 6.23. The molecule has 1 fully saturated rings. The molecule has 1 aliphatic carbocycles. The summed E-state index contributed by atoms with van der Waals surface area (Å²) in [7, 11) is 0. The van der Waals surface area contributed by atoms with Crippen molar-refractivity contribution < 1.29 is 15.1 Å². The number of rotatable bonds is 6. The molecule has 2 rings (SSSR count). The molecule has 0 bridgehead atoms. The van der Waals surface area contributed by atoms with Crippen LogP contribution in [0.5, 0.6) is 5.75 Å². The minimum absolute atomic E-state index is 0.00356. The second-order valence-electron chi connectivity index (χ2n) is 5.01. The van der Waals surface area contributed by atoms with Crippen LogP contribution >= 0.6 is 0 Å². The first-order valence-corrected chi connectivity index (χ1v) is 6.64. The first kappa shape index (κ1) is 14.2. The highest BCUT2D eigenvalue weighted by Crippen LogP contribution is 2.27. The number of benzene rings is 1. The molecule has 6 nitrogen and oxygen atoms in total. The predicted octanol–water partition coefficient (Wildman–Crippen LogP) is 1.06. The summed E-state index contributed by atoms with van der Waals surface area (Å²) in [4.78, 5) is 14.1. The Morgan fingerprint density at radius 3 is 2.80 bits per heavy atom. The van der Waals surface area contributed by atoms with Crippen LogP contribution in [-0.2, 0) is 11.2 Å². The maximum Gasteiger partial charge on any atom is 0.227 e. The van der Waals surface area contributed by atoms with Crippen LogP contribution < -0.4 is 5.73 Å². The van der Waals surface area contributed by atoms with E-state index in [1.54, 1.807) is 23.1 Å². The fourth-order valence-corrected chi connectivity index (χ4v) is 2.12. The highest BCUT2D eigenvalue weighted by molar-refractivity contribution is 5.82. The summed E-state index contributed by atoms with van der Waals surface area (Å²) < 4.78 is 0. The van der Waals surface area contributed by atoms with E-state index in [0.717, 1.165) is 18.4 Å². The van der Waals surface area contributed by atoms with E-state index in [1.165, 1.54) is 0 Å². The molecule has 0 aliphatic heterocycles. The molecule has 1 aliphatic rings. The van der Waals surface area contributed by atoms with Gasteiger partial charge in [0.1, 0.15) is 11.6 Å². The number of phenols is 1. The fourth-order valence-electron chi connectivity index (χ4n) is 2.12. The SMILES string of the molecule is NC(CCN(C(=O)Cc1cccc(O)c1)C1CC1)=NO. The number of oxime groups is 1. The average molecular weight is 277 g/mol. The zero-order valence-corrected chi connectivity index (χ0v) is 11.2. The van der Waals surface area contributed by atoms with Gasteiger partial charge < -0.3 is 20.9 Å². The van der Waals surface area contributed by atoms with E-state index in [4.69, 9.17) is 10.9 Å². The van der Waals surface area contributed by atoms with Gasteiger partial charge in [0.2, 0.25) is 5.91 Å². The molecule has 0 atom stereocenters. The zero-order valence-electron chi connectivity index (χ0n) is 11.2. The van der Waals surface area contributed by atoms with Gasteiger partial charge in [0.15, 0.2) is 0 Å². The highest BCUT2D eigenvalue weighted by Gasteiger charge is 2.32. The number of carbonyl (C=O) groups excluding carboxylic acids is 1. The lowest BCUT2D eigenvalue weighted by atomic mass is 10.1. The van der Waals surface area contributed by atoms with Gasteiger partial charge in [-0.25, -0.2) is 0 Å². The van der Waals surface area contributed by atoms with Gasteiger partial charge in [0.25, 0.3) is 0 Å². The van der Waals surface area contributed by atoms with Crippen molar-refractivity contribution in [1.29, 1.82) is 0 Å². The number of nitrogens with two attached hydrogens (primary N) is 1. The van der Waals surface area contributed by atoms with Crippen molar-refractivity contribution in [3.63, 3.8) is 0 Å². The number of nitrogens with zero attached hydrogens (tertiary/aromatic N) is 2. The molecule has 20 heavy (non-hydrogen) atoms. The minimum Gasteiger partial charge on any atom is -0.508 e. The van der Waals surface area contributed by atoms with Crippen LogP contribution in [0.15, 0.2) is 29.4 Å².